The molecule has 3 N–H and O–H groups in total. The van der Waals surface area contributed by atoms with Gasteiger partial charge in [-0.2, -0.15) is 0 Å². The normalized spacial score (nSPS) is 14.3. The van der Waals surface area contributed by atoms with Crippen molar-refractivity contribution in [3.05, 3.63) is 42.1 Å². The fourth-order valence-corrected chi connectivity index (χ4v) is 2.79. The molecule has 1 saturated heterocycles. The zero-order valence-corrected chi connectivity index (χ0v) is 15.8. The van der Waals surface area contributed by atoms with E-state index in [2.05, 4.69) is 31.0 Å². The predicted molar refractivity (Wildman–Crippen MR) is 106 cm³/mol. The molecule has 9 nitrogen and oxygen atoms in total. The van der Waals surface area contributed by atoms with Gasteiger partial charge in [0.1, 0.15) is 0 Å². The lowest BCUT2D eigenvalue weighted by molar-refractivity contribution is -0.114. The molecule has 0 saturated carbocycles. The third kappa shape index (κ3) is 6.00. The van der Waals surface area contributed by atoms with E-state index in [1.165, 1.54) is 6.92 Å². The summed E-state index contributed by atoms with van der Waals surface area (Å²) in [5.74, 6) is 0.116. The van der Waals surface area contributed by atoms with Crippen molar-refractivity contribution in [2.45, 2.75) is 6.92 Å². The second-order valence-corrected chi connectivity index (χ2v) is 6.40. The molecule has 1 aliphatic heterocycles. The number of ether oxygens (including phenoxy) is 1. The Labute approximate surface area is 163 Å². The van der Waals surface area contributed by atoms with Crippen LogP contribution in [0.5, 0.6) is 0 Å². The smallest absolute Gasteiger partial charge is 0.271 e. The van der Waals surface area contributed by atoms with Crippen molar-refractivity contribution in [1.29, 1.82) is 0 Å². The van der Waals surface area contributed by atoms with Gasteiger partial charge in [-0.25, -0.2) is 0 Å². The Balaban J connectivity index is 1.50. The summed E-state index contributed by atoms with van der Waals surface area (Å²) in [6, 6.07) is 10.6. The number of rotatable bonds is 7. The molecule has 0 radical (unpaired) electrons. The first-order chi connectivity index (χ1) is 13.6. The Morgan fingerprint density at radius 1 is 1.11 bits per heavy atom. The number of nitrogens with one attached hydrogen (secondary N) is 3. The highest BCUT2D eigenvalue weighted by molar-refractivity contribution is 5.92. The van der Waals surface area contributed by atoms with Crippen molar-refractivity contribution < 1.29 is 14.3 Å². The number of carbonyl (C=O) groups excluding carboxylic acids is 2. The van der Waals surface area contributed by atoms with Crippen LogP contribution in [-0.4, -0.2) is 66.3 Å². The maximum absolute atomic E-state index is 12.2. The lowest BCUT2D eigenvalue weighted by Gasteiger charge is -2.26. The predicted octanol–water partition coefficient (Wildman–Crippen LogP) is 1.24. The Morgan fingerprint density at radius 2 is 1.89 bits per heavy atom. The van der Waals surface area contributed by atoms with Crippen molar-refractivity contribution in [2.75, 3.05) is 50.0 Å². The molecule has 28 heavy (non-hydrogen) atoms. The van der Waals surface area contributed by atoms with Crippen molar-refractivity contribution in [1.82, 2.24) is 20.4 Å². The number of amides is 2. The van der Waals surface area contributed by atoms with Crippen LogP contribution < -0.4 is 16.0 Å². The maximum atomic E-state index is 12.2. The van der Waals surface area contributed by atoms with Crippen LogP contribution in [0.1, 0.15) is 17.4 Å². The highest BCUT2D eigenvalue weighted by Crippen LogP contribution is 2.18. The van der Waals surface area contributed by atoms with Gasteiger partial charge in [-0.1, -0.05) is 6.07 Å². The molecule has 3 rings (SSSR count). The first-order valence-electron chi connectivity index (χ1n) is 9.17. The third-order valence-electron chi connectivity index (χ3n) is 4.17. The molecule has 0 atom stereocenters. The minimum absolute atomic E-state index is 0.138. The second kappa shape index (κ2) is 9.77. The quantitative estimate of drug-likeness (QED) is 0.659. The highest BCUT2D eigenvalue weighted by atomic mass is 16.5. The number of benzene rings is 1. The molecule has 2 amide bonds. The van der Waals surface area contributed by atoms with E-state index in [4.69, 9.17) is 4.74 Å². The fourth-order valence-electron chi connectivity index (χ4n) is 2.79. The summed E-state index contributed by atoms with van der Waals surface area (Å²) < 4.78 is 5.30. The maximum Gasteiger partial charge on any atom is 0.271 e. The molecule has 0 spiro atoms. The van der Waals surface area contributed by atoms with Gasteiger partial charge in [0.15, 0.2) is 11.5 Å². The van der Waals surface area contributed by atoms with Crippen LogP contribution in [0.4, 0.5) is 17.2 Å². The van der Waals surface area contributed by atoms with E-state index in [-0.39, 0.29) is 17.5 Å². The summed E-state index contributed by atoms with van der Waals surface area (Å²) in [6.07, 6.45) is 0. The highest BCUT2D eigenvalue weighted by Gasteiger charge is 2.12. The SMILES string of the molecule is CC(=O)Nc1cccc(Nc2ccc(C(=O)NCCN3CCOCC3)nn2)c1. The summed E-state index contributed by atoms with van der Waals surface area (Å²) in [6.45, 7) is 6.04. The molecule has 1 aliphatic rings. The first-order valence-corrected chi connectivity index (χ1v) is 9.17. The molecule has 0 unspecified atom stereocenters. The number of hydrogen-bond acceptors (Lipinski definition) is 7. The van der Waals surface area contributed by atoms with Crippen molar-refractivity contribution in [3.8, 4) is 0 Å². The van der Waals surface area contributed by atoms with Crippen LogP contribution in [0.25, 0.3) is 0 Å². The van der Waals surface area contributed by atoms with E-state index in [9.17, 15) is 9.59 Å². The van der Waals surface area contributed by atoms with Gasteiger partial charge in [0, 0.05) is 44.5 Å². The van der Waals surface area contributed by atoms with Crippen LogP contribution in [0.3, 0.4) is 0 Å². The van der Waals surface area contributed by atoms with Gasteiger partial charge in [0.2, 0.25) is 5.91 Å². The van der Waals surface area contributed by atoms with Gasteiger partial charge in [-0.3, -0.25) is 14.5 Å². The molecule has 0 aliphatic carbocycles. The summed E-state index contributed by atoms with van der Waals surface area (Å²) in [7, 11) is 0. The molecule has 2 aromatic rings. The van der Waals surface area contributed by atoms with E-state index >= 15 is 0 Å². The number of carbonyl (C=O) groups is 2. The summed E-state index contributed by atoms with van der Waals surface area (Å²) >= 11 is 0. The Bertz CT molecular complexity index is 806. The summed E-state index contributed by atoms with van der Waals surface area (Å²) in [5.41, 5.74) is 1.70. The van der Waals surface area contributed by atoms with Gasteiger partial charge >= 0.3 is 0 Å². The average Bonchev–Trinajstić information content (AvgIpc) is 2.69. The molecular formula is C19H24N6O3. The minimum atomic E-state index is -0.250. The number of nitrogens with zero attached hydrogens (tertiary/aromatic N) is 3. The van der Waals surface area contributed by atoms with E-state index in [0.29, 0.717) is 18.1 Å². The van der Waals surface area contributed by atoms with Crippen molar-refractivity contribution in [2.24, 2.45) is 0 Å². The first kappa shape index (κ1) is 19.7. The van der Waals surface area contributed by atoms with Gasteiger partial charge in [0.25, 0.3) is 5.91 Å². The Morgan fingerprint density at radius 3 is 2.61 bits per heavy atom. The van der Waals surface area contributed by atoms with E-state index in [1.807, 2.05) is 12.1 Å². The Kier molecular flexibility index (Phi) is 6.88. The van der Waals surface area contributed by atoms with Crippen molar-refractivity contribution in [3.63, 3.8) is 0 Å². The fraction of sp³-hybridized carbons (Fsp3) is 0.368. The number of aromatic nitrogens is 2. The van der Waals surface area contributed by atoms with Gasteiger partial charge in [-0.05, 0) is 30.3 Å². The molecule has 1 fully saturated rings. The van der Waals surface area contributed by atoms with Crippen LogP contribution in [0.2, 0.25) is 0 Å². The molecule has 148 valence electrons. The standard InChI is InChI=1S/C19H24N6O3/c1-14(26)21-15-3-2-4-16(13-15)22-18-6-5-17(23-24-18)19(27)20-7-8-25-9-11-28-12-10-25/h2-6,13H,7-12H2,1H3,(H,20,27)(H,21,26)(H,22,24). The van der Waals surface area contributed by atoms with Crippen LogP contribution in [-0.2, 0) is 9.53 Å². The van der Waals surface area contributed by atoms with Crippen molar-refractivity contribution >= 4 is 29.0 Å². The zero-order valence-electron chi connectivity index (χ0n) is 15.8. The van der Waals surface area contributed by atoms with E-state index in [0.717, 1.165) is 38.5 Å². The van der Waals surface area contributed by atoms with Gasteiger partial charge in [-0.15, -0.1) is 10.2 Å². The number of anilines is 3. The summed E-state index contributed by atoms with van der Waals surface area (Å²) in [5, 5.41) is 16.7. The molecule has 2 heterocycles. The topological polar surface area (TPSA) is 108 Å². The molecule has 0 bridgehead atoms. The third-order valence-corrected chi connectivity index (χ3v) is 4.17. The molecule has 9 heteroatoms. The van der Waals surface area contributed by atoms with E-state index in [1.54, 1.807) is 24.3 Å². The lowest BCUT2D eigenvalue weighted by atomic mass is 10.2. The van der Waals surface area contributed by atoms with E-state index < -0.39 is 0 Å². The second-order valence-electron chi connectivity index (χ2n) is 6.40. The van der Waals surface area contributed by atoms with Crippen LogP contribution in [0.15, 0.2) is 36.4 Å². The zero-order chi connectivity index (χ0) is 19.8. The number of hydrogen-bond donors (Lipinski definition) is 3. The summed E-state index contributed by atoms with van der Waals surface area (Å²) in [4.78, 5) is 25.6. The molecule has 1 aromatic carbocycles. The molecule has 1 aromatic heterocycles. The van der Waals surface area contributed by atoms with Crippen LogP contribution in [0, 0.1) is 0 Å². The lowest BCUT2D eigenvalue weighted by Crippen LogP contribution is -2.41. The van der Waals surface area contributed by atoms with Gasteiger partial charge in [0.05, 0.1) is 13.2 Å². The Hall–Kier alpha value is -3.04. The van der Waals surface area contributed by atoms with Crippen LogP contribution >= 0.6 is 0 Å². The monoisotopic (exact) mass is 384 g/mol. The molecular weight excluding hydrogens is 360 g/mol. The number of morpholine rings is 1. The minimum Gasteiger partial charge on any atom is -0.379 e. The average molecular weight is 384 g/mol. The largest absolute Gasteiger partial charge is 0.379 e. The van der Waals surface area contributed by atoms with Gasteiger partial charge < -0.3 is 20.7 Å².